The third-order valence-electron chi connectivity index (χ3n) is 3.76. The molecule has 0 N–H and O–H groups in total. The van der Waals surface area contributed by atoms with E-state index in [4.69, 9.17) is 4.74 Å². The molecule has 20 heavy (non-hydrogen) atoms. The zero-order chi connectivity index (χ0) is 13.8. The number of hydrogen-bond acceptors (Lipinski definition) is 1. The van der Waals surface area contributed by atoms with Crippen molar-refractivity contribution >= 4 is 5.57 Å². The predicted molar refractivity (Wildman–Crippen MR) is 83.7 cm³/mol. The molecule has 0 saturated carbocycles. The Balaban J connectivity index is 2.01. The second-order valence-electron chi connectivity index (χ2n) is 5.36. The molecule has 1 saturated heterocycles. The van der Waals surface area contributed by atoms with Gasteiger partial charge in [0.1, 0.15) is 0 Å². The van der Waals surface area contributed by atoms with Gasteiger partial charge < -0.3 is 4.74 Å². The van der Waals surface area contributed by atoms with E-state index in [1.54, 1.807) is 0 Å². The van der Waals surface area contributed by atoms with Gasteiger partial charge in [-0.05, 0) is 42.5 Å². The summed E-state index contributed by atoms with van der Waals surface area (Å²) in [4.78, 5) is 0. The molecule has 102 valence electrons. The van der Waals surface area contributed by atoms with Crippen LogP contribution in [0.3, 0.4) is 0 Å². The zero-order valence-corrected chi connectivity index (χ0v) is 11.9. The van der Waals surface area contributed by atoms with Crippen LogP contribution in [0.2, 0.25) is 0 Å². The highest BCUT2D eigenvalue weighted by Crippen LogP contribution is 2.27. The van der Waals surface area contributed by atoms with Crippen molar-refractivity contribution in [2.75, 3.05) is 6.61 Å². The zero-order valence-electron chi connectivity index (χ0n) is 11.9. The minimum atomic E-state index is 0.256. The Morgan fingerprint density at radius 3 is 2.35 bits per heavy atom. The minimum absolute atomic E-state index is 0.256. The molecule has 1 aliphatic heterocycles. The van der Waals surface area contributed by atoms with Crippen LogP contribution in [-0.4, -0.2) is 12.7 Å². The molecule has 3 rings (SSSR count). The topological polar surface area (TPSA) is 9.23 Å². The average Bonchev–Trinajstić information content (AvgIpc) is 3.00. The Kier molecular flexibility index (Phi) is 3.98. The summed E-state index contributed by atoms with van der Waals surface area (Å²) < 4.78 is 5.77. The van der Waals surface area contributed by atoms with Crippen LogP contribution in [0, 0.1) is 6.92 Å². The fourth-order valence-corrected chi connectivity index (χ4v) is 2.63. The molecule has 0 amide bonds. The molecule has 2 aromatic rings. The van der Waals surface area contributed by atoms with Crippen molar-refractivity contribution in [2.45, 2.75) is 25.9 Å². The molecule has 1 unspecified atom stereocenters. The van der Waals surface area contributed by atoms with E-state index in [1.165, 1.54) is 22.3 Å². The van der Waals surface area contributed by atoms with Gasteiger partial charge in [-0.25, -0.2) is 0 Å². The molecule has 1 fully saturated rings. The van der Waals surface area contributed by atoms with Crippen molar-refractivity contribution in [1.82, 2.24) is 0 Å². The monoisotopic (exact) mass is 264 g/mol. The van der Waals surface area contributed by atoms with Crippen molar-refractivity contribution in [1.29, 1.82) is 0 Å². The summed E-state index contributed by atoms with van der Waals surface area (Å²) in [6.07, 6.45) is 4.83. The lowest BCUT2D eigenvalue weighted by molar-refractivity contribution is 0.146. The number of rotatable bonds is 3. The SMILES string of the molecule is Cc1ccc(/C(=C\C2CCCO2)c2ccccc2)cc1. The molecule has 1 atom stereocenters. The van der Waals surface area contributed by atoms with E-state index in [2.05, 4.69) is 67.6 Å². The van der Waals surface area contributed by atoms with Crippen LogP contribution in [0.25, 0.3) is 5.57 Å². The van der Waals surface area contributed by atoms with Gasteiger partial charge in [0, 0.05) is 6.61 Å². The summed E-state index contributed by atoms with van der Waals surface area (Å²) in [5.41, 5.74) is 5.08. The second kappa shape index (κ2) is 6.06. The van der Waals surface area contributed by atoms with Crippen molar-refractivity contribution < 1.29 is 4.74 Å². The number of ether oxygens (including phenoxy) is 1. The largest absolute Gasteiger partial charge is 0.374 e. The molecule has 0 bridgehead atoms. The number of hydrogen-bond donors (Lipinski definition) is 0. The maximum Gasteiger partial charge on any atom is 0.0765 e. The van der Waals surface area contributed by atoms with Crippen LogP contribution in [0.15, 0.2) is 60.7 Å². The molecule has 1 heterocycles. The molecule has 0 spiro atoms. The van der Waals surface area contributed by atoms with Gasteiger partial charge in [-0.1, -0.05) is 60.2 Å². The van der Waals surface area contributed by atoms with Gasteiger partial charge >= 0.3 is 0 Å². The summed E-state index contributed by atoms with van der Waals surface area (Å²) in [6.45, 7) is 3.01. The Labute approximate surface area is 120 Å². The van der Waals surface area contributed by atoms with E-state index in [0.29, 0.717) is 0 Å². The Morgan fingerprint density at radius 1 is 1.00 bits per heavy atom. The van der Waals surface area contributed by atoms with Gasteiger partial charge in [0.2, 0.25) is 0 Å². The quantitative estimate of drug-likeness (QED) is 0.787. The first kappa shape index (κ1) is 13.1. The first-order valence-electron chi connectivity index (χ1n) is 7.29. The predicted octanol–water partition coefficient (Wildman–Crippen LogP) is 4.61. The van der Waals surface area contributed by atoms with Crippen LogP contribution in [0.4, 0.5) is 0 Å². The van der Waals surface area contributed by atoms with E-state index in [9.17, 15) is 0 Å². The molecule has 1 heteroatoms. The van der Waals surface area contributed by atoms with Crippen LogP contribution in [0.5, 0.6) is 0 Å². The molecular formula is C19H20O. The summed E-state index contributed by atoms with van der Waals surface area (Å²) in [5.74, 6) is 0. The van der Waals surface area contributed by atoms with Gasteiger partial charge in [-0.3, -0.25) is 0 Å². The number of benzene rings is 2. The van der Waals surface area contributed by atoms with Gasteiger partial charge in [-0.15, -0.1) is 0 Å². The first-order valence-corrected chi connectivity index (χ1v) is 7.29. The first-order chi connectivity index (χ1) is 9.83. The van der Waals surface area contributed by atoms with Crippen molar-refractivity contribution in [3.8, 4) is 0 Å². The van der Waals surface area contributed by atoms with Crippen LogP contribution in [-0.2, 0) is 4.74 Å². The lowest BCUT2D eigenvalue weighted by Crippen LogP contribution is -2.02. The summed E-state index contributed by atoms with van der Waals surface area (Å²) in [6, 6.07) is 19.3. The molecule has 0 radical (unpaired) electrons. The summed E-state index contributed by atoms with van der Waals surface area (Å²) in [7, 11) is 0. The smallest absolute Gasteiger partial charge is 0.0765 e. The minimum Gasteiger partial charge on any atom is -0.374 e. The molecule has 2 aromatic carbocycles. The summed E-state index contributed by atoms with van der Waals surface area (Å²) in [5, 5.41) is 0. The Bertz CT molecular complexity index is 575. The van der Waals surface area contributed by atoms with E-state index in [-0.39, 0.29) is 6.10 Å². The van der Waals surface area contributed by atoms with Crippen molar-refractivity contribution in [2.24, 2.45) is 0 Å². The maximum atomic E-state index is 5.77. The molecule has 0 aliphatic carbocycles. The Hall–Kier alpha value is -1.86. The fraction of sp³-hybridized carbons (Fsp3) is 0.263. The number of aryl methyl sites for hydroxylation is 1. The third-order valence-corrected chi connectivity index (χ3v) is 3.76. The van der Waals surface area contributed by atoms with Crippen LogP contribution in [0.1, 0.15) is 29.5 Å². The maximum absolute atomic E-state index is 5.77. The molecule has 0 aromatic heterocycles. The lowest BCUT2D eigenvalue weighted by Gasteiger charge is -2.12. The van der Waals surface area contributed by atoms with E-state index < -0.39 is 0 Å². The van der Waals surface area contributed by atoms with E-state index >= 15 is 0 Å². The van der Waals surface area contributed by atoms with Gasteiger partial charge in [0.05, 0.1) is 6.10 Å². The normalized spacial score (nSPS) is 19.2. The highest BCUT2D eigenvalue weighted by atomic mass is 16.5. The fourth-order valence-electron chi connectivity index (χ4n) is 2.63. The second-order valence-corrected chi connectivity index (χ2v) is 5.36. The van der Waals surface area contributed by atoms with Crippen molar-refractivity contribution in [3.63, 3.8) is 0 Å². The highest BCUT2D eigenvalue weighted by Gasteiger charge is 2.15. The molecule has 1 aliphatic rings. The molecule has 1 nitrogen and oxygen atoms in total. The third kappa shape index (κ3) is 3.00. The molecular weight excluding hydrogens is 244 g/mol. The van der Waals surface area contributed by atoms with Gasteiger partial charge in [0.25, 0.3) is 0 Å². The Morgan fingerprint density at radius 2 is 1.70 bits per heavy atom. The standard InChI is InChI=1S/C19H20O/c1-15-9-11-17(12-10-15)19(14-18-8-5-13-20-18)16-6-3-2-4-7-16/h2-4,6-7,9-12,14,18H,5,8,13H2,1H3/b19-14-. The summed E-state index contributed by atoms with van der Waals surface area (Å²) >= 11 is 0. The van der Waals surface area contributed by atoms with Gasteiger partial charge in [-0.2, -0.15) is 0 Å². The van der Waals surface area contributed by atoms with Crippen LogP contribution < -0.4 is 0 Å². The average molecular weight is 264 g/mol. The van der Waals surface area contributed by atoms with Crippen LogP contribution >= 0.6 is 0 Å². The van der Waals surface area contributed by atoms with Crippen molar-refractivity contribution in [3.05, 3.63) is 77.4 Å². The van der Waals surface area contributed by atoms with E-state index in [0.717, 1.165) is 19.4 Å². The van der Waals surface area contributed by atoms with E-state index in [1.807, 2.05) is 0 Å². The van der Waals surface area contributed by atoms with Gasteiger partial charge in [0.15, 0.2) is 0 Å². The lowest BCUT2D eigenvalue weighted by atomic mass is 9.95. The highest BCUT2D eigenvalue weighted by molar-refractivity contribution is 5.80.